The third-order valence-electron chi connectivity index (χ3n) is 7.22. The molecular weight excluding hydrogens is 488 g/mol. The Hall–Kier alpha value is -2.72. The van der Waals surface area contributed by atoms with E-state index in [1.54, 1.807) is 16.7 Å². The van der Waals surface area contributed by atoms with Gasteiger partial charge in [-0.1, -0.05) is 18.2 Å². The number of aromatic nitrogens is 2. The molecule has 0 aliphatic carbocycles. The molecule has 0 bridgehead atoms. The molecule has 2 amide bonds. The van der Waals surface area contributed by atoms with Crippen LogP contribution in [0, 0.1) is 6.92 Å². The van der Waals surface area contributed by atoms with Crippen LogP contribution in [0.25, 0.3) is 5.69 Å². The second-order valence-electron chi connectivity index (χ2n) is 11.1. The van der Waals surface area contributed by atoms with Gasteiger partial charge in [-0.15, -0.1) is 11.8 Å². The van der Waals surface area contributed by atoms with E-state index in [1.807, 2.05) is 55.5 Å². The Morgan fingerprint density at radius 1 is 1.05 bits per heavy atom. The minimum atomic E-state index is -0.599. The highest BCUT2D eigenvalue weighted by molar-refractivity contribution is 7.99. The number of rotatable bonds is 4. The minimum absolute atomic E-state index is 0.0548. The van der Waals surface area contributed by atoms with Gasteiger partial charge in [0, 0.05) is 57.1 Å². The van der Waals surface area contributed by atoms with Gasteiger partial charge < -0.3 is 14.5 Å². The summed E-state index contributed by atoms with van der Waals surface area (Å²) in [4.78, 5) is 34.9. The van der Waals surface area contributed by atoms with Gasteiger partial charge in [0.25, 0.3) is 0 Å². The van der Waals surface area contributed by atoms with Gasteiger partial charge in [0.15, 0.2) is 0 Å². The largest absolute Gasteiger partial charge is 0.444 e. The van der Waals surface area contributed by atoms with E-state index in [-0.39, 0.29) is 18.0 Å². The molecule has 2 aromatic rings. The highest BCUT2D eigenvalue weighted by atomic mass is 32.2. The number of para-hydroxylation sites is 1. The predicted octanol–water partition coefficient (Wildman–Crippen LogP) is 3.21. The lowest BCUT2D eigenvalue weighted by atomic mass is 10.1. The van der Waals surface area contributed by atoms with Crippen molar-refractivity contribution in [3.63, 3.8) is 0 Å². The van der Waals surface area contributed by atoms with E-state index in [1.165, 1.54) is 0 Å². The zero-order valence-electron chi connectivity index (χ0n) is 22.3. The number of piperazine rings is 1. The molecule has 3 saturated heterocycles. The van der Waals surface area contributed by atoms with Crippen LogP contribution in [0.5, 0.6) is 0 Å². The molecule has 1 aromatic heterocycles. The van der Waals surface area contributed by atoms with Gasteiger partial charge in [-0.2, -0.15) is 5.10 Å². The van der Waals surface area contributed by atoms with Gasteiger partial charge >= 0.3 is 6.09 Å². The van der Waals surface area contributed by atoms with Crippen molar-refractivity contribution in [2.75, 3.05) is 55.8 Å². The van der Waals surface area contributed by atoms with Crippen molar-refractivity contribution in [1.82, 2.24) is 24.5 Å². The molecule has 5 rings (SSSR count). The Balaban J connectivity index is 1.27. The van der Waals surface area contributed by atoms with E-state index >= 15 is 0 Å². The van der Waals surface area contributed by atoms with E-state index in [2.05, 4.69) is 28.0 Å². The van der Waals surface area contributed by atoms with Crippen molar-refractivity contribution in [2.24, 2.45) is 0 Å². The van der Waals surface area contributed by atoms with Crippen LogP contribution in [0.1, 0.15) is 32.9 Å². The van der Waals surface area contributed by atoms with Gasteiger partial charge in [-0.3, -0.25) is 14.6 Å². The molecule has 3 fully saturated rings. The number of carbonyl (C=O) groups is 2. The molecule has 0 N–H and O–H groups in total. The first-order valence-corrected chi connectivity index (χ1v) is 14.3. The van der Waals surface area contributed by atoms with Crippen LogP contribution in [0.3, 0.4) is 0 Å². The average molecular weight is 527 g/mol. The summed E-state index contributed by atoms with van der Waals surface area (Å²) in [7, 11) is 0. The maximum atomic E-state index is 13.4. The van der Waals surface area contributed by atoms with Crippen LogP contribution in [-0.2, 0) is 9.53 Å². The maximum Gasteiger partial charge on any atom is 0.411 e. The van der Waals surface area contributed by atoms with Gasteiger partial charge in [-0.05, 0) is 46.2 Å². The molecule has 3 aliphatic heterocycles. The lowest BCUT2D eigenvalue weighted by molar-refractivity contribution is -0.134. The third kappa shape index (κ3) is 5.75. The lowest BCUT2D eigenvalue weighted by Gasteiger charge is -2.38. The number of amides is 2. The fourth-order valence-corrected chi connectivity index (χ4v) is 6.38. The second kappa shape index (κ2) is 10.6. The molecule has 2 atom stereocenters. The van der Waals surface area contributed by atoms with Gasteiger partial charge in [0.1, 0.15) is 17.5 Å². The Kier molecular flexibility index (Phi) is 7.40. The zero-order chi connectivity index (χ0) is 26.2. The van der Waals surface area contributed by atoms with Crippen molar-refractivity contribution in [3.05, 3.63) is 42.1 Å². The number of benzene rings is 1. The van der Waals surface area contributed by atoms with Crippen LogP contribution in [-0.4, -0.2) is 105 Å². The predicted molar refractivity (Wildman–Crippen MR) is 146 cm³/mol. The number of anilines is 1. The number of carbonyl (C=O) groups excluding carboxylic acids is 2. The first-order valence-electron chi connectivity index (χ1n) is 13.2. The van der Waals surface area contributed by atoms with E-state index in [0.29, 0.717) is 18.8 Å². The van der Waals surface area contributed by atoms with Crippen LogP contribution in [0.4, 0.5) is 10.6 Å². The molecule has 9 nitrogen and oxygen atoms in total. The molecular formula is C27H38N6O3S. The number of likely N-dealkylation sites (tertiary alicyclic amines) is 1. The van der Waals surface area contributed by atoms with Crippen LogP contribution < -0.4 is 4.90 Å². The Morgan fingerprint density at radius 3 is 2.43 bits per heavy atom. The SMILES string of the molecule is Cc1cc(N2CCN([C@@H]3C[C@@H](C(=O)N4CCSC4)N(C(=O)OC(C)(C)C)C3)CC2)n(-c2ccccc2)n1. The van der Waals surface area contributed by atoms with Gasteiger partial charge in [-0.25, -0.2) is 9.48 Å². The number of thioether (sulfide) groups is 1. The highest BCUT2D eigenvalue weighted by Gasteiger charge is 2.45. The molecule has 0 saturated carbocycles. The maximum absolute atomic E-state index is 13.4. The van der Waals surface area contributed by atoms with Crippen LogP contribution >= 0.6 is 11.8 Å². The van der Waals surface area contributed by atoms with Crippen molar-refractivity contribution >= 4 is 29.6 Å². The van der Waals surface area contributed by atoms with Gasteiger partial charge in [0.2, 0.25) is 5.91 Å². The first kappa shape index (κ1) is 25.9. The quantitative estimate of drug-likeness (QED) is 0.606. The fraction of sp³-hybridized carbons (Fsp3) is 0.593. The summed E-state index contributed by atoms with van der Waals surface area (Å²) in [5, 5.41) is 4.74. The van der Waals surface area contributed by atoms with E-state index in [4.69, 9.17) is 9.84 Å². The summed E-state index contributed by atoms with van der Waals surface area (Å²) >= 11 is 1.76. The molecule has 3 aliphatic rings. The van der Waals surface area contributed by atoms with Crippen molar-refractivity contribution in [2.45, 2.75) is 51.8 Å². The Morgan fingerprint density at radius 2 is 1.78 bits per heavy atom. The summed E-state index contributed by atoms with van der Waals surface area (Å²) in [5.74, 6) is 2.81. The normalized spacial score (nSPS) is 23.1. The summed E-state index contributed by atoms with van der Waals surface area (Å²) < 4.78 is 7.73. The summed E-state index contributed by atoms with van der Waals surface area (Å²) in [5.41, 5.74) is 1.45. The molecule has 10 heteroatoms. The van der Waals surface area contributed by atoms with E-state index in [0.717, 1.165) is 55.7 Å². The molecule has 37 heavy (non-hydrogen) atoms. The van der Waals surface area contributed by atoms with Crippen LogP contribution in [0.15, 0.2) is 36.4 Å². The molecule has 1 aromatic carbocycles. The number of ether oxygens (including phenoxy) is 1. The lowest BCUT2D eigenvalue weighted by Crippen LogP contribution is -2.51. The minimum Gasteiger partial charge on any atom is -0.444 e. The second-order valence-corrected chi connectivity index (χ2v) is 12.2. The van der Waals surface area contributed by atoms with E-state index in [9.17, 15) is 9.59 Å². The first-order chi connectivity index (χ1) is 17.7. The summed E-state index contributed by atoms with van der Waals surface area (Å²) in [6.07, 6.45) is 0.265. The van der Waals surface area contributed by atoms with Crippen molar-refractivity contribution < 1.29 is 14.3 Å². The number of aryl methyl sites for hydroxylation is 1. The number of hydrogen-bond donors (Lipinski definition) is 0. The molecule has 200 valence electrons. The fourth-order valence-electron chi connectivity index (χ4n) is 5.42. The topological polar surface area (TPSA) is 74.2 Å². The Bertz CT molecular complexity index is 1100. The average Bonchev–Trinajstić information content (AvgIpc) is 3.63. The summed E-state index contributed by atoms with van der Waals surface area (Å²) in [6, 6.07) is 12.1. The zero-order valence-corrected chi connectivity index (χ0v) is 23.1. The van der Waals surface area contributed by atoms with E-state index < -0.39 is 11.6 Å². The molecule has 4 heterocycles. The van der Waals surface area contributed by atoms with Crippen molar-refractivity contribution in [1.29, 1.82) is 0 Å². The molecule has 0 unspecified atom stereocenters. The van der Waals surface area contributed by atoms with Crippen molar-refractivity contribution in [3.8, 4) is 5.69 Å². The standard InChI is InChI=1S/C27H38N6O3S/c1-20-16-24(33(28-20)21-8-6-5-7-9-21)30-12-10-29(11-13-30)22-17-23(25(34)31-14-15-37-19-31)32(18-22)26(35)36-27(2,3)4/h5-9,16,22-23H,10-15,17-19H2,1-4H3/t22-,23+/m1/s1. The molecule has 0 radical (unpaired) electrons. The molecule has 0 spiro atoms. The van der Waals surface area contributed by atoms with Crippen LogP contribution in [0.2, 0.25) is 0 Å². The number of nitrogens with zero attached hydrogens (tertiary/aromatic N) is 6. The summed E-state index contributed by atoms with van der Waals surface area (Å²) in [6.45, 7) is 12.4. The third-order valence-corrected chi connectivity index (χ3v) is 8.19. The smallest absolute Gasteiger partial charge is 0.411 e. The highest BCUT2D eigenvalue weighted by Crippen LogP contribution is 2.30. The van der Waals surface area contributed by atoms with Gasteiger partial charge in [0.05, 0.1) is 17.3 Å². The number of hydrogen-bond acceptors (Lipinski definition) is 7. The Labute approximate surface area is 223 Å². The monoisotopic (exact) mass is 526 g/mol.